The van der Waals surface area contributed by atoms with Crippen LogP contribution in [0.25, 0.3) is 10.2 Å². The Labute approximate surface area is 154 Å². The van der Waals surface area contributed by atoms with Crippen molar-refractivity contribution in [2.24, 2.45) is 5.92 Å². The van der Waals surface area contributed by atoms with Gasteiger partial charge in [0, 0.05) is 23.2 Å². The van der Waals surface area contributed by atoms with Crippen LogP contribution in [0.2, 0.25) is 0 Å². The maximum absolute atomic E-state index is 11.8. The van der Waals surface area contributed by atoms with Crippen LogP contribution in [0.3, 0.4) is 0 Å². The van der Waals surface area contributed by atoms with Gasteiger partial charge in [0.1, 0.15) is 22.5 Å². The normalized spacial score (nSPS) is 17.8. The first kappa shape index (κ1) is 17.0. The second-order valence-electron chi connectivity index (χ2n) is 6.97. The van der Waals surface area contributed by atoms with Crippen LogP contribution < -0.4 is 5.32 Å². The standard InChI is InChI=1S/C18H21N5O2S/c1-9-3-4-12-14(5-9)26-17-15(12)16(21-10(2)22-17)23-13(18(24)25)6-11-7-19-8-20-11/h7-9,13H,3-6H2,1-2H3,(H,19,20)(H,24,25)(H,21,22,23). The number of aliphatic carboxylic acids is 1. The topological polar surface area (TPSA) is 104 Å². The molecule has 8 heteroatoms. The molecule has 0 saturated heterocycles. The number of carboxylic acids is 1. The molecule has 1 aliphatic carbocycles. The largest absolute Gasteiger partial charge is 0.480 e. The third-order valence-corrected chi connectivity index (χ3v) is 6.00. The fraction of sp³-hybridized carbons (Fsp3) is 0.444. The predicted octanol–water partition coefficient (Wildman–Crippen LogP) is 2.96. The van der Waals surface area contributed by atoms with Crippen LogP contribution >= 0.6 is 11.3 Å². The van der Waals surface area contributed by atoms with E-state index in [1.807, 2.05) is 6.92 Å². The van der Waals surface area contributed by atoms with Gasteiger partial charge in [-0.15, -0.1) is 11.3 Å². The molecule has 3 N–H and O–H groups in total. The van der Waals surface area contributed by atoms with Crippen molar-refractivity contribution in [1.82, 2.24) is 19.9 Å². The van der Waals surface area contributed by atoms with E-state index >= 15 is 0 Å². The number of H-pyrrole nitrogens is 1. The third-order valence-electron chi connectivity index (χ3n) is 4.85. The highest BCUT2D eigenvalue weighted by atomic mass is 32.1. The van der Waals surface area contributed by atoms with E-state index in [4.69, 9.17) is 0 Å². The summed E-state index contributed by atoms with van der Waals surface area (Å²) in [5, 5.41) is 13.8. The lowest BCUT2D eigenvalue weighted by molar-refractivity contribution is -0.137. The molecule has 2 unspecified atom stereocenters. The number of rotatable bonds is 5. The molecular weight excluding hydrogens is 350 g/mol. The van der Waals surface area contributed by atoms with Gasteiger partial charge in [0.25, 0.3) is 0 Å². The van der Waals surface area contributed by atoms with Crippen LogP contribution in [0.5, 0.6) is 0 Å². The zero-order valence-electron chi connectivity index (χ0n) is 14.7. The lowest BCUT2D eigenvalue weighted by Crippen LogP contribution is -2.32. The highest BCUT2D eigenvalue weighted by Crippen LogP contribution is 2.40. The SMILES string of the molecule is Cc1nc(NC(Cc2cnc[nH]2)C(=O)O)c2c3c(sc2n1)CC(C)CC3. The smallest absolute Gasteiger partial charge is 0.326 e. The number of aryl methyl sites for hydroxylation is 2. The van der Waals surface area contributed by atoms with Gasteiger partial charge in [-0.1, -0.05) is 6.92 Å². The summed E-state index contributed by atoms with van der Waals surface area (Å²) in [4.78, 5) is 30.2. The van der Waals surface area contributed by atoms with Crippen LogP contribution in [0, 0.1) is 12.8 Å². The van der Waals surface area contributed by atoms with E-state index < -0.39 is 12.0 Å². The van der Waals surface area contributed by atoms with Gasteiger partial charge in [-0.25, -0.2) is 19.7 Å². The zero-order valence-corrected chi connectivity index (χ0v) is 15.6. The summed E-state index contributed by atoms with van der Waals surface area (Å²) in [6, 6.07) is -0.786. The van der Waals surface area contributed by atoms with Gasteiger partial charge in [-0.05, 0) is 37.7 Å². The highest BCUT2D eigenvalue weighted by Gasteiger charge is 2.26. The molecule has 7 nitrogen and oxygen atoms in total. The second-order valence-corrected chi connectivity index (χ2v) is 8.05. The Kier molecular flexibility index (Phi) is 4.36. The minimum Gasteiger partial charge on any atom is -0.480 e. The van der Waals surface area contributed by atoms with Gasteiger partial charge >= 0.3 is 5.97 Å². The number of aromatic amines is 1. The van der Waals surface area contributed by atoms with E-state index in [0.29, 0.717) is 24.0 Å². The minimum absolute atomic E-state index is 0.309. The number of hydrogen-bond donors (Lipinski definition) is 3. The number of carbonyl (C=O) groups is 1. The number of nitrogens with zero attached hydrogens (tertiary/aromatic N) is 3. The molecule has 136 valence electrons. The molecule has 0 saturated carbocycles. The van der Waals surface area contributed by atoms with Gasteiger partial charge < -0.3 is 15.4 Å². The lowest BCUT2D eigenvalue weighted by Gasteiger charge is -2.19. The number of imidazole rings is 1. The Morgan fingerprint density at radius 2 is 2.35 bits per heavy atom. The number of nitrogens with one attached hydrogen (secondary N) is 2. The summed E-state index contributed by atoms with van der Waals surface area (Å²) in [7, 11) is 0. The first-order valence-electron chi connectivity index (χ1n) is 8.76. The van der Waals surface area contributed by atoms with Crippen molar-refractivity contribution < 1.29 is 9.90 Å². The van der Waals surface area contributed by atoms with Crippen LogP contribution in [0.4, 0.5) is 5.82 Å². The van der Waals surface area contributed by atoms with Crippen LogP contribution in [0.15, 0.2) is 12.5 Å². The molecule has 0 radical (unpaired) electrons. The van der Waals surface area contributed by atoms with Crippen LogP contribution in [-0.2, 0) is 24.1 Å². The van der Waals surface area contributed by atoms with Crippen molar-refractivity contribution in [2.75, 3.05) is 5.32 Å². The molecule has 0 aromatic carbocycles. The molecule has 0 aliphatic heterocycles. The minimum atomic E-state index is -0.915. The maximum Gasteiger partial charge on any atom is 0.326 e. The molecule has 0 bridgehead atoms. The Morgan fingerprint density at radius 1 is 1.50 bits per heavy atom. The van der Waals surface area contributed by atoms with Gasteiger partial charge in [0.05, 0.1) is 11.7 Å². The van der Waals surface area contributed by atoms with Crippen molar-refractivity contribution >= 4 is 33.3 Å². The fourth-order valence-corrected chi connectivity index (χ4v) is 4.96. The predicted molar refractivity (Wildman–Crippen MR) is 101 cm³/mol. The van der Waals surface area contributed by atoms with Crippen molar-refractivity contribution in [3.63, 3.8) is 0 Å². The Balaban J connectivity index is 1.74. The summed E-state index contributed by atoms with van der Waals surface area (Å²) < 4.78 is 0. The molecule has 0 amide bonds. The van der Waals surface area contributed by atoms with E-state index in [9.17, 15) is 9.90 Å². The van der Waals surface area contributed by atoms with E-state index in [-0.39, 0.29) is 0 Å². The number of fused-ring (bicyclic) bond motifs is 3. The molecule has 3 aromatic rings. The number of thiophene rings is 1. The van der Waals surface area contributed by atoms with Crippen molar-refractivity contribution in [3.8, 4) is 0 Å². The molecule has 3 heterocycles. The first-order chi connectivity index (χ1) is 12.5. The quantitative estimate of drug-likeness (QED) is 0.637. The fourth-order valence-electron chi connectivity index (χ4n) is 3.53. The lowest BCUT2D eigenvalue weighted by atomic mass is 9.89. The van der Waals surface area contributed by atoms with Gasteiger partial charge in [-0.2, -0.15) is 0 Å². The van der Waals surface area contributed by atoms with Gasteiger partial charge in [0.15, 0.2) is 0 Å². The maximum atomic E-state index is 11.8. The number of hydrogen-bond acceptors (Lipinski definition) is 6. The molecule has 4 rings (SSSR count). The summed E-state index contributed by atoms with van der Waals surface area (Å²) in [5.41, 5.74) is 2.06. The van der Waals surface area contributed by atoms with Crippen molar-refractivity contribution in [3.05, 3.63) is 34.5 Å². The highest BCUT2D eigenvalue weighted by molar-refractivity contribution is 7.19. The molecule has 0 fully saturated rings. The summed E-state index contributed by atoms with van der Waals surface area (Å²) in [6.45, 7) is 4.12. The van der Waals surface area contributed by atoms with E-state index in [0.717, 1.165) is 35.2 Å². The molecule has 0 spiro atoms. The average molecular weight is 371 g/mol. The van der Waals surface area contributed by atoms with Gasteiger partial charge in [-0.3, -0.25) is 0 Å². The summed E-state index contributed by atoms with van der Waals surface area (Å²) in [5.74, 6) is 1.04. The molecule has 3 aromatic heterocycles. The molecule has 26 heavy (non-hydrogen) atoms. The average Bonchev–Trinajstić information content (AvgIpc) is 3.20. The Bertz CT molecular complexity index is 950. The van der Waals surface area contributed by atoms with Crippen LogP contribution in [0.1, 0.15) is 35.3 Å². The first-order valence-corrected chi connectivity index (χ1v) is 9.58. The second kappa shape index (κ2) is 6.68. The summed E-state index contributed by atoms with van der Waals surface area (Å²) in [6.07, 6.45) is 6.71. The van der Waals surface area contributed by atoms with E-state index in [2.05, 4.69) is 32.2 Å². The number of anilines is 1. The summed E-state index contributed by atoms with van der Waals surface area (Å²) >= 11 is 1.72. The monoisotopic (exact) mass is 371 g/mol. The zero-order chi connectivity index (χ0) is 18.3. The Morgan fingerprint density at radius 3 is 3.08 bits per heavy atom. The van der Waals surface area contributed by atoms with E-state index in [1.165, 1.54) is 10.4 Å². The van der Waals surface area contributed by atoms with E-state index in [1.54, 1.807) is 23.9 Å². The van der Waals surface area contributed by atoms with Gasteiger partial charge in [0.2, 0.25) is 0 Å². The molecule has 1 aliphatic rings. The molecule has 2 atom stereocenters. The van der Waals surface area contributed by atoms with Crippen molar-refractivity contribution in [1.29, 1.82) is 0 Å². The third kappa shape index (κ3) is 3.16. The molecular formula is C18H21N5O2S. The number of carboxylic acid groups (broad SMARTS) is 1. The number of aromatic nitrogens is 4. The Hall–Kier alpha value is -2.48. The van der Waals surface area contributed by atoms with Crippen LogP contribution in [-0.4, -0.2) is 37.1 Å². The van der Waals surface area contributed by atoms with Crippen molar-refractivity contribution in [2.45, 2.75) is 45.6 Å².